The predicted molar refractivity (Wildman–Crippen MR) is 88.5 cm³/mol. The van der Waals surface area contributed by atoms with Crippen molar-refractivity contribution in [3.63, 3.8) is 0 Å². The maximum atomic E-state index is 11.7. The van der Waals surface area contributed by atoms with Crippen molar-refractivity contribution in [2.75, 3.05) is 25.6 Å². The molecule has 1 aromatic rings. The summed E-state index contributed by atoms with van der Waals surface area (Å²) in [5.41, 5.74) is 1.14. The molecule has 1 fully saturated rings. The van der Waals surface area contributed by atoms with E-state index in [2.05, 4.69) is 5.32 Å². The average molecular weight is 327 g/mol. The second-order valence-electron chi connectivity index (χ2n) is 5.39. The van der Waals surface area contributed by atoms with Gasteiger partial charge in [0.2, 0.25) is 0 Å². The Balaban J connectivity index is 2.00. The van der Waals surface area contributed by atoms with Crippen molar-refractivity contribution in [3.8, 4) is 0 Å². The minimum absolute atomic E-state index is 0.0826. The SMILES string of the molecule is CN(C)N(C(=S)NCc1ccccc1)[C@H]1CCS(=O)(=O)C1. The van der Waals surface area contributed by atoms with E-state index in [0.29, 0.717) is 18.1 Å². The summed E-state index contributed by atoms with van der Waals surface area (Å²) in [6.45, 7) is 0.628. The summed E-state index contributed by atoms with van der Waals surface area (Å²) in [7, 11) is 0.822. The molecular formula is C14H21N3O2S2. The number of benzene rings is 1. The highest BCUT2D eigenvalue weighted by atomic mass is 32.2. The fourth-order valence-electron chi connectivity index (χ4n) is 2.50. The molecule has 1 aliphatic rings. The summed E-state index contributed by atoms with van der Waals surface area (Å²) >= 11 is 5.44. The van der Waals surface area contributed by atoms with Crippen LogP contribution in [0.15, 0.2) is 30.3 Å². The Bertz CT molecular complexity index is 587. The quantitative estimate of drug-likeness (QED) is 0.658. The van der Waals surface area contributed by atoms with Gasteiger partial charge in [0.05, 0.1) is 17.5 Å². The van der Waals surface area contributed by atoms with Gasteiger partial charge in [0, 0.05) is 20.6 Å². The van der Waals surface area contributed by atoms with E-state index in [9.17, 15) is 8.42 Å². The molecule has 1 heterocycles. The molecule has 1 atom stereocenters. The molecule has 0 unspecified atom stereocenters. The van der Waals surface area contributed by atoms with Gasteiger partial charge in [-0.2, -0.15) is 0 Å². The lowest BCUT2D eigenvalue weighted by atomic mass is 10.2. The average Bonchev–Trinajstić information content (AvgIpc) is 2.77. The predicted octanol–water partition coefficient (Wildman–Crippen LogP) is 1.03. The second-order valence-corrected chi connectivity index (χ2v) is 8.01. The van der Waals surface area contributed by atoms with E-state index in [1.165, 1.54) is 0 Å². The van der Waals surface area contributed by atoms with Crippen LogP contribution in [0, 0.1) is 0 Å². The minimum Gasteiger partial charge on any atom is -0.357 e. The molecule has 0 aliphatic carbocycles. The number of sulfone groups is 1. The first kappa shape index (κ1) is 16.2. The first-order chi connectivity index (χ1) is 9.89. The molecule has 0 radical (unpaired) electrons. The van der Waals surface area contributed by atoms with E-state index < -0.39 is 9.84 Å². The monoisotopic (exact) mass is 327 g/mol. The number of hydrogen-bond donors (Lipinski definition) is 1. The standard InChI is InChI=1S/C14H21N3O2S2/c1-16(2)17(13-8-9-21(18,19)11-13)14(20)15-10-12-6-4-3-5-7-12/h3-7,13H,8-11H2,1-2H3,(H,15,20)/t13-/m0/s1. The van der Waals surface area contributed by atoms with E-state index in [4.69, 9.17) is 12.2 Å². The van der Waals surface area contributed by atoms with Gasteiger partial charge in [-0.25, -0.2) is 13.4 Å². The van der Waals surface area contributed by atoms with E-state index >= 15 is 0 Å². The third-order valence-electron chi connectivity index (χ3n) is 3.48. The maximum Gasteiger partial charge on any atom is 0.184 e. The van der Waals surface area contributed by atoms with Crippen LogP contribution in [0.5, 0.6) is 0 Å². The minimum atomic E-state index is -2.93. The lowest BCUT2D eigenvalue weighted by molar-refractivity contribution is 0.0712. The van der Waals surface area contributed by atoms with E-state index in [0.717, 1.165) is 5.56 Å². The molecule has 2 rings (SSSR count). The number of nitrogens with one attached hydrogen (secondary N) is 1. The topological polar surface area (TPSA) is 52.6 Å². The molecule has 0 aromatic heterocycles. The molecule has 1 N–H and O–H groups in total. The van der Waals surface area contributed by atoms with Crippen LogP contribution in [-0.4, -0.2) is 55.2 Å². The van der Waals surface area contributed by atoms with E-state index in [1.807, 2.05) is 54.4 Å². The molecule has 21 heavy (non-hydrogen) atoms. The third-order valence-corrected chi connectivity index (χ3v) is 5.56. The number of nitrogens with zero attached hydrogens (tertiary/aromatic N) is 2. The highest BCUT2D eigenvalue weighted by Crippen LogP contribution is 2.18. The molecule has 0 bridgehead atoms. The van der Waals surface area contributed by atoms with Gasteiger partial charge in [-0.1, -0.05) is 30.3 Å². The Morgan fingerprint density at radius 1 is 1.33 bits per heavy atom. The molecule has 116 valence electrons. The normalized spacial score (nSPS) is 20.4. The summed E-state index contributed by atoms with van der Waals surface area (Å²) in [5.74, 6) is 0.404. The first-order valence-electron chi connectivity index (χ1n) is 6.88. The number of hydrazine groups is 1. The number of hydrogen-bond acceptors (Lipinski definition) is 4. The molecule has 1 aromatic carbocycles. The fraction of sp³-hybridized carbons (Fsp3) is 0.500. The first-order valence-corrected chi connectivity index (χ1v) is 9.10. The van der Waals surface area contributed by atoms with Gasteiger partial charge in [0.1, 0.15) is 0 Å². The van der Waals surface area contributed by atoms with Crippen LogP contribution in [0.4, 0.5) is 0 Å². The molecule has 7 heteroatoms. The molecule has 0 spiro atoms. The summed E-state index contributed by atoms with van der Waals surface area (Å²) in [5, 5.41) is 7.48. The molecule has 0 amide bonds. The van der Waals surface area contributed by atoms with Crippen LogP contribution in [0.2, 0.25) is 0 Å². The summed E-state index contributed by atoms with van der Waals surface area (Å²) in [6, 6.07) is 9.89. The zero-order chi connectivity index (χ0) is 15.5. The lowest BCUT2D eigenvalue weighted by Gasteiger charge is -2.36. The molecule has 1 aliphatic heterocycles. The van der Waals surface area contributed by atoms with Crippen molar-refractivity contribution in [1.29, 1.82) is 0 Å². The largest absolute Gasteiger partial charge is 0.357 e. The van der Waals surface area contributed by atoms with E-state index in [-0.39, 0.29) is 17.5 Å². The molecule has 1 saturated heterocycles. The Labute approximate surface area is 131 Å². The summed E-state index contributed by atoms with van der Waals surface area (Å²) in [6.07, 6.45) is 0.619. The second kappa shape index (κ2) is 6.72. The third kappa shape index (κ3) is 4.39. The van der Waals surface area contributed by atoms with Crippen LogP contribution < -0.4 is 5.32 Å². The number of thiocarbonyl (C=S) groups is 1. The molecule has 0 saturated carbocycles. The van der Waals surface area contributed by atoms with Crippen molar-refractivity contribution in [2.45, 2.75) is 19.0 Å². The van der Waals surface area contributed by atoms with Gasteiger partial charge in [-0.15, -0.1) is 0 Å². The van der Waals surface area contributed by atoms with Crippen molar-refractivity contribution in [2.24, 2.45) is 0 Å². The lowest BCUT2D eigenvalue weighted by Crippen LogP contribution is -2.53. The maximum absolute atomic E-state index is 11.7. The van der Waals surface area contributed by atoms with Crippen LogP contribution >= 0.6 is 12.2 Å². The van der Waals surface area contributed by atoms with Crippen molar-refractivity contribution in [1.82, 2.24) is 15.3 Å². The highest BCUT2D eigenvalue weighted by molar-refractivity contribution is 7.91. The Morgan fingerprint density at radius 2 is 2.00 bits per heavy atom. The Morgan fingerprint density at radius 3 is 2.52 bits per heavy atom. The van der Waals surface area contributed by atoms with E-state index in [1.54, 1.807) is 0 Å². The zero-order valence-electron chi connectivity index (χ0n) is 12.3. The van der Waals surface area contributed by atoms with Gasteiger partial charge in [0.15, 0.2) is 14.9 Å². The van der Waals surface area contributed by atoms with Crippen LogP contribution in [0.25, 0.3) is 0 Å². The van der Waals surface area contributed by atoms with Gasteiger partial charge >= 0.3 is 0 Å². The van der Waals surface area contributed by atoms with Crippen LogP contribution in [0.1, 0.15) is 12.0 Å². The van der Waals surface area contributed by atoms with Crippen LogP contribution in [0.3, 0.4) is 0 Å². The summed E-state index contributed by atoms with van der Waals surface area (Å²) in [4.78, 5) is 0. The molecular weight excluding hydrogens is 306 g/mol. The van der Waals surface area contributed by atoms with Gasteiger partial charge in [-0.05, 0) is 24.2 Å². The van der Waals surface area contributed by atoms with Gasteiger partial charge in [-0.3, -0.25) is 5.01 Å². The smallest absolute Gasteiger partial charge is 0.184 e. The van der Waals surface area contributed by atoms with Gasteiger partial charge < -0.3 is 5.32 Å². The fourth-order valence-corrected chi connectivity index (χ4v) is 4.57. The number of rotatable bonds is 4. The van der Waals surface area contributed by atoms with Crippen molar-refractivity contribution < 1.29 is 8.42 Å². The summed E-state index contributed by atoms with van der Waals surface area (Å²) < 4.78 is 23.3. The van der Waals surface area contributed by atoms with Crippen molar-refractivity contribution >= 4 is 27.2 Å². The Hall–Kier alpha value is -1.18. The molecule has 5 nitrogen and oxygen atoms in total. The zero-order valence-corrected chi connectivity index (χ0v) is 14.0. The van der Waals surface area contributed by atoms with Gasteiger partial charge in [0.25, 0.3) is 0 Å². The highest BCUT2D eigenvalue weighted by Gasteiger charge is 2.34. The van der Waals surface area contributed by atoms with Crippen molar-refractivity contribution in [3.05, 3.63) is 35.9 Å². The van der Waals surface area contributed by atoms with Crippen LogP contribution in [-0.2, 0) is 16.4 Å². The Kier molecular flexibility index (Phi) is 5.18.